The molecule has 1 heterocycles. The Balaban J connectivity index is 1.40. The first-order valence-corrected chi connectivity index (χ1v) is 15.9. The van der Waals surface area contributed by atoms with E-state index >= 15 is 0 Å². The second-order valence-corrected chi connectivity index (χ2v) is 11.9. The van der Waals surface area contributed by atoms with Crippen LogP contribution in [0.4, 0.5) is 11.4 Å². The van der Waals surface area contributed by atoms with Gasteiger partial charge < -0.3 is 30.5 Å². The zero-order valence-corrected chi connectivity index (χ0v) is 26.0. The molecule has 0 aliphatic carbocycles. The van der Waals surface area contributed by atoms with Crippen molar-refractivity contribution >= 4 is 40.9 Å². The first-order chi connectivity index (χ1) is 21.3. The second-order valence-electron chi connectivity index (χ2n) is 10.8. The maximum atomic E-state index is 12.6. The number of aliphatic hydroxyl groups excluding tert-OH is 1. The predicted octanol–water partition coefficient (Wildman–Crippen LogP) is 6.11. The standard InChI is InChI=1S/C34H41N3O6S/c1-23(39)35-18-5-3-4-9-33(41)37-29-8-6-7-27(19-29)34-42-30(20-32(43-34)26-12-10-25(21-38)11-13-26)22-44-31-16-14-28(15-17-31)36-24(2)40/h6-8,10-17,19,30,32,34,38H,3-5,9,18,20-22H2,1-2H3,(H,35,39)(H,36,40)(H,37,41)/t30-,32+,34+/m1/s1. The Morgan fingerprint density at radius 2 is 1.61 bits per heavy atom. The fraction of sp³-hybridized carbons (Fsp3) is 0.382. The van der Waals surface area contributed by atoms with E-state index in [-0.39, 0.29) is 36.5 Å². The summed E-state index contributed by atoms with van der Waals surface area (Å²) in [5.41, 5.74) is 4.09. The summed E-state index contributed by atoms with van der Waals surface area (Å²) in [6, 6.07) is 23.1. The average Bonchev–Trinajstić information content (AvgIpc) is 3.02. The highest BCUT2D eigenvalue weighted by Gasteiger charge is 2.32. The molecule has 1 saturated heterocycles. The van der Waals surface area contributed by atoms with Crippen molar-refractivity contribution in [1.29, 1.82) is 0 Å². The average molecular weight is 620 g/mol. The third-order valence-corrected chi connectivity index (χ3v) is 8.27. The summed E-state index contributed by atoms with van der Waals surface area (Å²) in [6.45, 7) is 3.58. The van der Waals surface area contributed by atoms with Gasteiger partial charge in [-0.2, -0.15) is 0 Å². The molecule has 0 spiro atoms. The van der Waals surface area contributed by atoms with Crippen LogP contribution in [-0.2, 0) is 30.5 Å². The number of carbonyl (C=O) groups excluding carboxylic acids is 3. The molecule has 3 atom stereocenters. The van der Waals surface area contributed by atoms with Crippen molar-refractivity contribution in [3.8, 4) is 0 Å². The number of thioether (sulfide) groups is 1. The Morgan fingerprint density at radius 1 is 0.841 bits per heavy atom. The van der Waals surface area contributed by atoms with Crippen LogP contribution in [0.5, 0.6) is 0 Å². The number of hydrogen-bond donors (Lipinski definition) is 4. The van der Waals surface area contributed by atoms with Crippen molar-refractivity contribution in [3.05, 3.63) is 89.5 Å². The Labute approximate surface area is 263 Å². The number of amides is 3. The highest BCUT2D eigenvalue weighted by atomic mass is 32.2. The van der Waals surface area contributed by atoms with E-state index in [1.807, 2.05) is 72.8 Å². The maximum absolute atomic E-state index is 12.6. The summed E-state index contributed by atoms with van der Waals surface area (Å²) in [5, 5.41) is 18.0. The van der Waals surface area contributed by atoms with Gasteiger partial charge in [-0.1, -0.05) is 42.8 Å². The molecule has 1 aliphatic rings. The lowest BCUT2D eigenvalue weighted by Gasteiger charge is -2.36. The summed E-state index contributed by atoms with van der Waals surface area (Å²) >= 11 is 1.68. The first-order valence-electron chi connectivity index (χ1n) is 14.9. The van der Waals surface area contributed by atoms with Crippen molar-refractivity contribution in [2.24, 2.45) is 0 Å². The number of rotatable bonds is 14. The third kappa shape index (κ3) is 10.8. The Kier molecular flexibility index (Phi) is 12.8. The molecule has 234 valence electrons. The molecular weight excluding hydrogens is 578 g/mol. The molecule has 4 rings (SSSR count). The number of anilines is 2. The molecule has 0 aromatic heterocycles. The molecule has 3 amide bonds. The lowest BCUT2D eigenvalue weighted by Crippen LogP contribution is -2.31. The zero-order valence-electron chi connectivity index (χ0n) is 25.2. The Hall–Kier alpha value is -3.70. The van der Waals surface area contributed by atoms with E-state index < -0.39 is 6.29 Å². The van der Waals surface area contributed by atoms with E-state index in [1.165, 1.54) is 13.8 Å². The molecule has 3 aromatic rings. The topological polar surface area (TPSA) is 126 Å². The summed E-state index contributed by atoms with van der Waals surface area (Å²) < 4.78 is 12.9. The van der Waals surface area contributed by atoms with Crippen LogP contribution in [0, 0.1) is 0 Å². The Morgan fingerprint density at radius 3 is 2.32 bits per heavy atom. The highest BCUT2D eigenvalue weighted by Crippen LogP contribution is 2.40. The molecule has 44 heavy (non-hydrogen) atoms. The van der Waals surface area contributed by atoms with Crippen LogP contribution in [0.2, 0.25) is 0 Å². The summed E-state index contributed by atoms with van der Waals surface area (Å²) in [5.74, 6) is 0.485. The van der Waals surface area contributed by atoms with E-state index in [0.29, 0.717) is 30.8 Å². The van der Waals surface area contributed by atoms with E-state index in [2.05, 4.69) is 16.0 Å². The van der Waals surface area contributed by atoms with Gasteiger partial charge in [-0.05, 0) is 60.4 Å². The number of aliphatic hydroxyl groups is 1. The van der Waals surface area contributed by atoms with Gasteiger partial charge in [-0.15, -0.1) is 11.8 Å². The molecule has 0 radical (unpaired) electrons. The van der Waals surface area contributed by atoms with E-state index in [0.717, 1.165) is 46.5 Å². The van der Waals surface area contributed by atoms with Crippen LogP contribution in [0.1, 0.15) is 75.0 Å². The van der Waals surface area contributed by atoms with E-state index in [4.69, 9.17) is 9.47 Å². The third-order valence-electron chi connectivity index (χ3n) is 7.12. The number of benzene rings is 3. The minimum absolute atomic E-state index is 0.0207. The molecular formula is C34H41N3O6S. The van der Waals surface area contributed by atoms with E-state index in [1.54, 1.807) is 11.8 Å². The van der Waals surface area contributed by atoms with Crippen LogP contribution >= 0.6 is 11.8 Å². The second kappa shape index (κ2) is 17.0. The zero-order chi connectivity index (χ0) is 31.3. The van der Waals surface area contributed by atoms with Crippen molar-refractivity contribution in [2.45, 2.75) is 76.0 Å². The number of unbranched alkanes of at least 4 members (excludes halogenated alkanes) is 2. The minimum atomic E-state index is -0.635. The number of carbonyl (C=O) groups is 3. The van der Waals surface area contributed by atoms with E-state index in [9.17, 15) is 19.5 Å². The fourth-order valence-electron chi connectivity index (χ4n) is 4.89. The SMILES string of the molecule is CC(=O)NCCCCCC(=O)Nc1cccc([C@H]2O[C@@H](CSc3ccc(NC(C)=O)cc3)C[C@@H](c3ccc(CO)cc3)O2)c1. The molecule has 0 saturated carbocycles. The highest BCUT2D eigenvalue weighted by molar-refractivity contribution is 7.99. The maximum Gasteiger partial charge on any atom is 0.224 e. The van der Waals surface area contributed by atoms with Crippen LogP contribution in [0.25, 0.3) is 0 Å². The predicted molar refractivity (Wildman–Crippen MR) is 172 cm³/mol. The Bertz CT molecular complexity index is 1380. The minimum Gasteiger partial charge on any atom is -0.392 e. The first kappa shape index (κ1) is 33.2. The van der Waals surface area contributed by atoms with Crippen molar-refractivity contribution < 1.29 is 29.0 Å². The van der Waals surface area contributed by atoms with Crippen molar-refractivity contribution in [2.75, 3.05) is 22.9 Å². The molecule has 3 aromatic carbocycles. The monoisotopic (exact) mass is 619 g/mol. The normalized spacial score (nSPS) is 17.9. The largest absolute Gasteiger partial charge is 0.392 e. The van der Waals surface area contributed by atoms with Crippen LogP contribution < -0.4 is 16.0 Å². The van der Waals surface area contributed by atoms with Crippen LogP contribution in [0.3, 0.4) is 0 Å². The van der Waals surface area contributed by atoms with Crippen LogP contribution in [-0.4, -0.2) is 41.2 Å². The number of ether oxygens (including phenoxy) is 2. The van der Waals surface area contributed by atoms with Gasteiger partial charge in [-0.3, -0.25) is 14.4 Å². The lowest BCUT2D eigenvalue weighted by atomic mass is 10.0. The quantitative estimate of drug-likeness (QED) is 0.127. The van der Waals surface area contributed by atoms with Gasteiger partial charge in [-0.25, -0.2) is 0 Å². The lowest BCUT2D eigenvalue weighted by molar-refractivity contribution is -0.245. The van der Waals surface area contributed by atoms with Crippen LogP contribution in [0.15, 0.2) is 77.7 Å². The van der Waals surface area contributed by atoms with Gasteiger partial charge in [0.15, 0.2) is 6.29 Å². The molecule has 1 fully saturated rings. The molecule has 0 bridgehead atoms. The smallest absolute Gasteiger partial charge is 0.224 e. The van der Waals surface area contributed by atoms with Gasteiger partial charge in [0.25, 0.3) is 0 Å². The van der Waals surface area contributed by atoms with Gasteiger partial charge >= 0.3 is 0 Å². The molecule has 9 nitrogen and oxygen atoms in total. The van der Waals surface area contributed by atoms with Crippen molar-refractivity contribution in [1.82, 2.24) is 5.32 Å². The summed E-state index contributed by atoms with van der Waals surface area (Å²) in [6.07, 6.45) is 2.52. The molecule has 10 heteroatoms. The molecule has 1 aliphatic heterocycles. The number of nitrogens with one attached hydrogen (secondary N) is 3. The molecule has 4 N–H and O–H groups in total. The molecule has 0 unspecified atom stereocenters. The summed E-state index contributed by atoms with van der Waals surface area (Å²) in [4.78, 5) is 36.0. The number of hydrogen-bond acceptors (Lipinski definition) is 7. The summed E-state index contributed by atoms with van der Waals surface area (Å²) in [7, 11) is 0. The van der Waals surface area contributed by atoms with Gasteiger partial charge in [0, 0.05) is 60.8 Å². The van der Waals surface area contributed by atoms with Gasteiger partial charge in [0.05, 0.1) is 18.8 Å². The van der Waals surface area contributed by atoms with Gasteiger partial charge in [0.2, 0.25) is 17.7 Å². The van der Waals surface area contributed by atoms with Gasteiger partial charge in [0.1, 0.15) is 0 Å². The fourth-order valence-corrected chi connectivity index (χ4v) is 5.81. The van der Waals surface area contributed by atoms with Crippen molar-refractivity contribution in [3.63, 3.8) is 0 Å².